The van der Waals surface area contributed by atoms with Gasteiger partial charge in [-0.3, -0.25) is 24.7 Å². The van der Waals surface area contributed by atoms with Crippen LogP contribution in [-0.2, 0) is 11.3 Å². The molecule has 0 spiro atoms. The van der Waals surface area contributed by atoms with Crippen molar-refractivity contribution in [2.45, 2.75) is 13.0 Å². The Morgan fingerprint density at radius 1 is 1.10 bits per heavy atom. The van der Waals surface area contributed by atoms with Gasteiger partial charge in [0.1, 0.15) is 5.75 Å². The first-order valence-electron chi connectivity index (χ1n) is 9.66. The number of anilines is 1. The minimum Gasteiger partial charge on any atom is -0.494 e. The molecule has 8 nitrogen and oxygen atoms in total. The van der Waals surface area contributed by atoms with E-state index in [1.807, 2.05) is 6.07 Å². The van der Waals surface area contributed by atoms with Gasteiger partial charge < -0.3 is 10.1 Å². The van der Waals surface area contributed by atoms with Crippen LogP contribution in [0.5, 0.6) is 5.75 Å². The number of hydrogen-bond donors (Lipinski definition) is 1. The van der Waals surface area contributed by atoms with Crippen molar-refractivity contribution in [1.29, 1.82) is 0 Å². The molecular weight excluding hydrogens is 372 g/mol. The van der Waals surface area contributed by atoms with Crippen LogP contribution in [0.25, 0.3) is 0 Å². The zero-order valence-corrected chi connectivity index (χ0v) is 16.5. The monoisotopic (exact) mass is 398 g/mol. The van der Waals surface area contributed by atoms with E-state index in [-0.39, 0.29) is 23.9 Å². The molecule has 0 radical (unpaired) electrons. The molecule has 0 aliphatic carbocycles. The molecular formula is C21H26N4O4. The summed E-state index contributed by atoms with van der Waals surface area (Å²) in [4.78, 5) is 27.4. The maximum Gasteiger partial charge on any atom is 0.273 e. The van der Waals surface area contributed by atoms with Crippen molar-refractivity contribution >= 4 is 17.3 Å². The number of carbonyl (C=O) groups excluding carboxylic acids is 1. The number of hydrogen-bond acceptors (Lipinski definition) is 6. The van der Waals surface area contributed by atoms with E-state index >= 15 is 0 Å². The number of ether oxygens (including phenoxy) is 1. The molecule has 3 rings (SSSR count). The predicted molar refractivity (Wildman–Crippen MR) is 111 cm³/mol. The molecule has 0 unspecified atom stereocenters. The Bertz CT molecular complexity index is 844. The van der Waals surface area contributed by atoms with Crippen LogP contribution >= 0.6 is 0 Å². The molecule has 0 bridgehead atoms. The number of nitrogens with one attached hydrogen (secondary N) is 1. The average molecular weight is 398 g/mol. The molecule has 1 aliphatic rings. The number of carbonyl (C=O) groups is 1. The van der Waals surface area contributed by atoms with Gasteiger partial charge in [0, 0.05) is 25.7 Å². The number of nitro benzene ring substituents is 1. The highest BCUT2D eigenvalue weighted by atomic mass is 16.6. The molecule has 8 heteroatoms. The molecule has 2 aromatic carbocycles. The Balaban J connectivity index is 1.52. The molecule has 29 heavy (non-hydrogen) atoms. The summed E-state index contributed by atoms with van der Waals surface area (Å²) in [5.41, 5.74) is 1.65. The average Bonchev–Trinajstić information content (AvgIpc) is 2.94. The van der Waals surface area contributed by atoms with Gasteiger partial charge in [-0.2, -0.15) is 0 Å². The predicted octanol–water partition coefficient (Wildman–Crippen LogP) is 2.75. The van der Waals surface area contributed by atoms with Gasteiger partial charge in [-0.1, -0.05) is 30.3 Å². The highest BCUT2D eigenvalue weighted by molar-refractivity contribution is 5.93. The SMILES string of the molecule is COc1cc([N+](=O)[O-])ccc1NC(=O)CN1CCCN(Cc2ccccc2)CC1. The van der Waals surface area contributed by atoms with E-state index in [0.29, 0.717) is 5.69 Å². The van der Waals surface area contributed by atoms with Crippen molar-refractivity contribution in [3.05, 3.63) is 64.2 Å². The van der Waals surface area contributed by atoms with Crippen molar-refractivity contribution in [1.82, 2.24) is 9.80 Å². The number of amides is 1. The first-order valence-corrected chi connectivity index (χ1v) is 9.66. The Morgan fingerprint density at radius 3 is 2.55 bits per heavy atom. The van der Waals surface area contributed by atoms with Crippen LogP contribution in [-0.4, -0.2) is 60.5 Å². The van der Waals surface area contributed by atoms with Crippen LogP contribution in [0.15, 0.2) is 48.5 Å². The van der Waals surface area contributed by atoms with E-state index in [0.717, 1.165) is 39.1 Å². The molecule has 1 N–H and O–H groups in total. The number of benzene rings is 2. The molecule has 0 aromatic heterocycles. The zero-order valence-electron chi connectivity index (χ0n) is 16.5. The summed E-state index contributed by atoms with van der Waals surface area (Å²) in [6, 6.07) is 14.5. The van der Waals surface area contributed by atoms with Crippen LogP contribution in [0.1, 0.15) is 12.0 Å². The van der Waals surface area contributed by atoms with Crippen molar-refractivity contribution in [3.63, 3.8) is 0 Å². The second kappa shape index (κ2) is 9.99. The van der Waals surface area contributed by atoms with Crippen LogP contribution in [0, 0.1) is 10.1 Å². The van der Waals surface area contributed by atoms with E-state index in [9.17, 15) is 14.9 Å². The molecule has 154 valence electrons. The summed E-state index contributed by atoms with van der Waals surface area (Å²) < 4.78 is 5.18. The summed E-state index contributed by atoms with van der Waals surface area (Å²) in [6.45, 7) is 4.78. The second-order valence-electron chi connectivity index (χ2n) is 7.08. The van der Waals surface area contributed by atoms with Gasteiger partial charge >= 0.3 is 0 Å². The quantitative estimate of drug-likeness (QED) is 0.570. The first kappa shape index (κ1) is 20.8. The zero-order chi connectivity index (χ0) is 20.6. The van der Waals surface area contributed by atoms with E-state index in [2.05, 4.69) is 39.4 Å². The number of non-ortho nitro benzene ring substituents is 1. The van der Waals surface area contributed by atoms with E-state index in [4.69, 9.17) is 4.74 Å². The fourth-order valence-electron chi connectivity index (χ4n) is 3.47. The second-order valence-corrected chi connectivity index (χ2v) is 7.08. The van der Waals surface area contributed by atoms with Crippen molar-refractivity contribution in [2.75, 3.05) is 45.2 Å². The molecule has 0 atom stereocenters. The van der Waals surface area contributed by atoms with Gasteiger partial charge in [0.2, 0.25) is 5.91 Å². The molecule has 2 aromatic rings. The van der Waals surface area contributed by atoms with Gasteiger partial charge in [-0.25, -0.2) is 0 Å². The maximum atomic E-state index is 12.5. The Labute approximate surface area is 170 Å². The smallest absolute Gasteiger partial charge is 0.273 e. The fraction of sp³-hybridized carbons (Fsp3) is 0.381. The molecule has 0 saturated carbocycles. The third-order valence-corrected chi connectivity index (χ3v) is 4.97. The third-order valence-electron chi connectivity index (χ3n) is 4.97. The van der Waals surface area contributed by atoms with Crippen molar-refractivity contribution in [2.24, 2.45) is 0 Å². The highest BCUT2D eigenvalue weighted by Gasteiger charge is 2.19. The summed E-state index contributed by atoms with van der Waals surface area (Å²) in [7, 11) is 1.42. The molecule has 1 amide bonds. The van der Waals surface area contributed by atoms with Crippen LogP contribution < -0.4 is 10.1 Å². The topological polar surface area (TPSA) is 87.9 Å². The molecule has 1 fully saturated rings. The summed E-state index contributed by atoms with van der Waals surface area (Å²) in [5, 5.41) is 13.7. The van der Waals surface area contributed by atoms with E-state index in [1.54, 1.807) is 0 Å². The Morgan fingerprint density at radius 2 is 1.83 bits per heavy atom. The minimum atomic E-state index is -0.494. The molecule has 1 heterocycles. The van der Waals surface area contributed by atoms with Crippen molar-refractivity contribution in [3.8, 4) is 5.75 Å². The lowest BCUT2D eigenvalue weighted by atomic mass is 10.2. The van der Waals surface area contributed by atoms with Crippen LogP contribution in [0.4, 0.5) is 11.4 Å². The van der Waals surface area contributed by atoms with E-state index in [1.165, 1.54) is 30.9 Å². The number of methoxy groups -OCH3 is 1. The van der Waals surface area contributed by atoms with Gasteiger partial charge in [-0.15, -0.1) is 0 Å². The Hall–Kier alpha value is -2.97. The van der Waals surface area contributed by atoms with Crippen molar-refractivity contribution < 1.29 is 14.5 Å². The molecule has 1 aliphatic heterocycles. The number of nitrogens with zero attached hydrogens (tertiary/aromatic N) is 3. The fourth-order valence-corrected chi connectivity index (χ4v) is 3.47. The number of rotatable bonds is 7. The minimum absolute atomic E-state index is 0.0779. The summed E-state index contributed by atoms with van der Waals surface area (Å²) >= 11 is 0. The maximum absolute atomic E-state index is 12.5. The van der Waals surface area contributed by atoms with Gasteiger partial charge in [0.25, 0.3) is 5.69 Å². The lowest BCUT2D eigenvalue weighted by Crippen LogP contribution is -2.36. The summed E-state index contributed by atoms with van der Waals surface area (Å²) in [6.07, 6.45) is 1.00. The standard InChI is InChI=1S/C21H26N4O4/c1-29-20-14-18(25(27)28)8-9-19(20)22-21(26)16-24-11-5-10-23(12-13-24)15-17-6-3-2-4-7-17/h2-4,6-9,14H,5,10-13,15-16H2,1H3,(H,22,26). The van der Waals surface area contributed by atoms with Gasteiger partial charge in [-0.05, 0) is 31.1 Å². The lowest BCUT2D eigenvalue weighted by Gasteiger charge is -2.21. The molecule has 1 saturated heterocycles. The Kier molecular flexibility index (Phi) is 7.15. The van der Waals surface area contributed by atoms with Gasteiger partial charge in [0.05, 0.1) is 30.3 Å². The third kappa shape index (κ3) is 6.00. The van der Waals surface area contributed by atoms with E-state index < -0.39 is 4.92 Å². The number of nitro groups is 1. The largest absolute Gasteiger partial charge is 0.494 e. The lowest BCUT2D eigenvalue weighted by molar-refractivity contribution is -0.384. The van der Waals surface area contributed by atoms with Crippen LogP contribution in [0.2, 0.25) is 0 Å². The highest BCUT2D eigenvalue weighted by Crippen LogP contribution is 2.28. The normalized spacial score (nSPS) is 15.5. The van der Waals surface area contributed by atoms with Crippen LogP contribution in [0.3, 0.4) is 0 Å². The van der Waals surface area contributed by atoms with Gasteiger partial charge in [0.15, 0.2) is 0 Å². The summed E-state index contributed by atoms with van der Waals surface area (Å²) in [5.74, 6) is 0.117. The first-order chi connectivity index (χ1) is 14.0.